The van der Waals surface area contributed by atoms with E-state index >= 15 is 0 Å². The van der Waals surface area contributed by atoms with E-state index in [9.17, 15) is 14.4 Å². The Morgan fingerprint density at radius 3 is 2.41 bits per heavy atom. The van der Waals surface area contributed by atoms with Gasteiger partial charge in [0.05, 0.1) is 40.2 Å². The number of hydrogen-bond donors (Lipinski definition) is 1. The zero-order valence-corrected chi connectivity index (χ0v) is 21.3. The number of carbonyl (C=O) groups is 3. The Labute approximate surface area is 215 Å². The monoisotopic (exact) mass is 506 g/mol. The van der Waals surface area contributed by atoms with E-state index in [4.69, 9.17) is 14.2 Å². The minimum Gasteiger partial charge on any atom is -0.496 e. The molecule has 1 aromatic heterocycles. The summed E-state index contributed by atoms with van der Waals surface area (Å²) in [5.41, 5.74) is 0.213. The number of aromatic nitrogens is 2. The summed E-state index contributed by atoms with van der Waals surface area (Å²) in [6, 6.07) is 14.7. The van der Waals surface area contributed by atoms with Gasteiger partial charge in [0.25, 0.3) is 5.91 Å². The van der Waals surface area contributed by atoms with Crippen LogP contribution in [0.1, 0.15) is 46.0 Å². The second-order valence-electron chi connectivity index (χ2n) is 8.76. The number of fused-ring (bicyclic) bond motifs is 1. The van der Waals surface area contributed by atoms with Crippen LogP contribution in [-0.4, -0.2) is 58.6 Å². The van der Waals surface area contributed by atoms with E-state index in [0.29, 0.717) is 18.1 Å². The third-order valence-electron chi connectivity index (χ3n) is 6.46. The van der Waals surface area contributed by atoms with Crippen molar-refractivity contribution in [3.05, 3.63) is 77.4 Å². The first-order valence-corrected chi connectivity index (χ1v) is 11.9. The lowest BCUT2D eigenvalue weighted by molar-refractivity contribution is -0.133. The molecule has 0 saturated heterocycles. The molecule has 1 unspecified atom stereocenters. The highest BCUT2D eigenvalue weighted by molar-refractivity contribution is 6.06. The maximum Gasteiger partial charge on any atom is 0.359 e. The summed E-state index contributed by atoms with van der Waals surface area (Å²) in [6.45, 7) is 4.40. The lowest BCUT2D eigenvalue weighted by Crippen LogP contribution is -2.63. The molecule has 0 aliphatic carbocycles. The first-order chi connectivity index (χ1) is 17.8. The molecule has 1 N–H and O–H groups in total. The van der Waals surface area contributed by atoms with Gasteiger partial charge in [-0.15, -0.1) is 0 Å². The van der Waals surface area contributed by atoms with Gasteiger partial charge in [0.2, 0.25) is 5.91 Å². The number of rotatable bonds is 9. The Morgan fingerprint density at radius 1 is 1.05 bits per heavy atom. The molecule has 10 nitrogen and oxygen atoms in total. The van der Waals surface area contributed by atoms with E-state index in [1.54, 1.807) is 14.0 Å². The van der Waals surface area contributed by atoms with E-state index in [1.165, 1.54) is 22.9 Å². The summed E-state index contributed by atoms with van der Waals surface area (Å²) in [5, 5.41) is 2.96. The van der Waals surface area contributed by atoms with E-state index in [2.05, 4.69) is 10.3 Å². The second-order valence-corrected chi connectivity index (χ2v) is 8.76. The zero-order chi connectivity index (χ0) is 26.6. The summed E-state index contributed by atoms with van der Waals surface area (Å²) >= 11 is 0. The van der Waals surface area contributed by atoms with Gasteiger partial charge >= 0.3 is 5.97 Å². The third kappa shape index (κ3) is 4.87. The Kier molecular flexibility index (Phi) is 7.47. The predicted octanol–water partition coefficient (Wildman–Crippen LogP) is 2.81. The van der Waals surface area contributed by atoms with Gasteiger partial charge < -0.3 is 29.0 Å². The van der Waals surface area contributed by atoms with Crippen molar-refractivity contribution in [3.8, 4) is 11.5 Å². The van der Waals surface area contributed by atoms with Gasteiger partial charge in [-0.1, -0.05) is 36.4 Å². The molecule has 37 heavy (non-hydrogen) atoms. The fourth-order valence-electron chi connectivity index (χ4n) is 4.50. The standard InChI is InChI=1S/C27H30N4O6/c1-5-37-21-13-9-7-11-19(21)15-31-24(32)23-22(25(33)36-4)29-17-30(23)16-27(31,2)26(34)28-14-18-10-6-8-12-20(18)35-3/h6-13,17H,5,14-16H2,1-4H3,(H,28,34). The number of methoxy groups -OCH3 is 2. The number of para-hydroxylation sites is 2. The van der Waals surface area contributed by atoms with Crippen LogP contribution in [0, 0.1) is 0 Å². The summed E-state index contributed by atoms with van der Waals surface area (Å²) in [6.07, 6.45) is 1.39. The molecule has 0 fully saturated rings. The van der Waals surface area contributed by atoms with Crippen LogP contribution >= 0.6 is 0 Å². The minimum atomic E-state index is -1.31. The van der Waals surface area contributed by atoms with Gasteiger partial charge in [-0.05, 0) is 26.0 Å². The van der Waals surface area contributed by atoms with Crippen molar-refractivity contribution in [2.45, 2.75) is 39.0 Å². The van der Waals surface area contributed by atoms with Crippen molar-refractivity contribution < 1.29 is 28.6 Å². The summed E-state index contributed by atoms with van der Waals surface area (Å²) < 4.78 is 17.5. The lowest BCUT2D eigenvalue weighted by Gasteiger charge is -2.44. The molecule has 1 aliphatic heterocycles. The molecule has 0 radical (unpaired) electrons. The van der Waals surface area contributed by atoms with Gasteiger partial charge in [-0.3, -0.25) is 9.59 Å². The SMILES string of the molecule is CCOc1ccccc1CN1C(=O)c2c(C(=O)OC)ncn2CC1(C)C(=O)NCc1ccccc1OC. The fraction of sp³-hybridized carbons (Fsp3) is 0.333. The number of nitrogens with zero attached hydrogens (tertiary/aromatic N) is 3. The first kappa shape index (κ1) is 25.7. The molecule has 2 amide bonds. The molecule has 194 valence electrons. The molecule has 0 saturated carbocycles. The van der Waals surface area contributed by atoms with Crippen LogP contribution in [0.25, 0.3) is 0 Å². The summed E-state index contributed by atoms with van der Waals surface area (Å²) in [7, 11) is 2.80. The van der Waals surface area contributed by atoms with Crippen molar-refractivity contribution in [2.75, 3.05) is 20.8 Å². The van der Waals surface area contributed by atoms with Crippen LogP contribution in [0.2, 0.25) is 0 Å². The number of esters is 1. The molecule has 1 atom stereocenters. The van der Waals surface area contributed by atoms with Crippen molar-refractivity contribution in [2.24, 2.45) is 0 Å². The molecule has 2 heterocycles. The predicted molar refractivity (Wildman–Crippen MR) is 134 cm³/mol. The van der Waals surface area contributed by atoms with E-state index in [1.807, 2.05) is 55.5 Å². The van der Waals surface area contributed by atoms with Crippen LogP contribution in [0.3, 0.4) is 0 Å². The van der Waals surface area contributed by atoms with Gasteiger partial charge in [0.15, 0.2) is 5.69 Å². The minimum absolute atomic E-state index is 0.0794. The van der Waals surface area contributed by atoms with Gasteiger partial charge in [-0.25, -0.2) is 9.78 Å². The van der Waals surface area contributed by atoms with Crippen LogP contribution in [0.15, 0.2) is 54.9 Å². The highest BCUT2D eigenvalue weighted by Crippen LogP contribution is 2.33. The Bertz CT molecular complexity index is 1320. The Balaban J connectivity index is 1.72. The van der Waals surface area contributed by atoms with Gasteiger partial charge in [-0.2, -0.15) is 0 Å². The summed E-state index contributed by atoms with van der Waals surface area (Å²) in [5.74, 6) is -0.331. The van der Waals surface area contributed by atoms with E-state index in [0.717, 1.165) is 11.1 Å². The summed E-state index contributed by atoms with van der Waals surface area (Å²) in [4.78, 5) is 45.6. The van der Waals surface area contributed by atoms with Crippen LogP contribution in [0.5, 0.6) is 11.5 Å². The molecule has 3 aromatic rings. The highest BCUT2D eigenvalue weighted by Gasteiger charge is 2.49. The molecule has 1 aliphatic rings. The quantitative estimate of drug-likeness (QED) is 0.444. The van der Waals surface area contributed by atoms with Crippen LogP contribution < -0.4 is 14.8 Å². The number of carbonyl (C=O) groups excluding carboxylic acids is 3. The van der Waals surface area contributed by atoms with Gasteiger partial charge in [0.1, 0.15) is 22.7 Å². The smallest absolute Gasteiger partial charge is 0.359 e. The maximum absolute atomic E-state index is 13.9. The van der Waals surface area contributed by atoms with Crippen molar-refractivity contribution in [1.29, 1.82) is 0 Å². The van der Waals surface area contributed by atoms with Crippen LogP contribution in [-0.2, 0) is 29.2 Å². The van der Waals surface area contributed by atoms with Crippen molar-refractivity contribution >= 4 is 17.8 Å². The number of amides is 2. The van der Waals surface area contributed by atoms with Crippen LogP contribution in [0.4, 0.5) is 0 Å². The molecule has 0 bridgehead atoms. The van der Waals surface area contributed by atoms with E-state index < -0.39 is 17.4 Å². The van der Waals surface area contributed by atoms with E-state index in [-0.39, 0.29) is 36.9 Å². The molecule has 0 spiro atoms. The average Bonchev–Trinajstić information content (AvgIpc) is 3.34. The average molecular weight is 507 g/mol. The highest BCUT2D eigenvalue weighted by atomic mass is 16.5. The first-order valence-electron chi connectivity index (χ1n) is 11.9. The topological polar surface area (TPSA) is 112 Å². The normalized spacial score (nSPS) is 16.6. The van der Waals surface area contributed by atoms with Crippen molar-refractivity contribution in [1.82, 2.24) is 19.8 Å². The largest absolute Gasteiger partial charge is 0.496 e. The molecule has 4 rings (SSSR count). The lowest BCUT2D eigenvalue weighted by atomic mass is 9.93. The number of hydrogen-bond acceptors (Lipinski definition) is 7. The number of ether oxygens (including phenoxy) is 3. The third-order valence-corrected chi connectivity index (χ3v) is 6.46. The zero-order valence-electron chi connectivity index (χ0n) is 21.3. The number of nitrogens with one attached hydrogen (secondary N) is 1. The van der Waals surface area contributed by atoms with Gasteiger partial charge in [0, 0.05) is 17.7 Å². The Morgan fingerprint density at radius 2 is 1.73 bits per heavy atom. The van der Waals surface area contributed by atoms with Crippen molar-refractivity contribution in [3.63, 3.8) is 0 Å². The number of imidazole rings is 1. The molecular weight excluding hydrogens is 476 g/mol. The molecule has 10 heteroatoms. The fourth-order valence-corrected chi connectivity index (χ4v) is 4.50. The Hall–Kier alpha value is -4.34. The number of benzene rings is 2. The second kappa shape index (κ2) is 10.7. The molecular formula is C27H30N4O6. The maximum atomic E-state index is 13.9. The molecule has 2 aromatic carbocycles.